The third kappa shape index (κ3) is 4.85. The van der Waals surface area contributed by atoms with Crippen LogP contribution in [0.2, 0.25) is 0 Å². The fourth-order valence-electron chi connectivity index (χ4n) is 3.66. The molecule has 1 aliphatic rings. The SMILES string of the molecule is NCC1CCCCC1NC(=O)CCOc1ccccc1-c1ccccc1. The number of rotatable bonds is 7. The fraction of sp³-hybridized carbons (Fsp3) is 0.409. The number of ether oxygens (including phenoxy) is 1. The molecule has 2 atom stereocenters. The van der Waals surface area contributed by atoms with Crippen LogP contribution >= 0.6 is 0 Å². The molecule has 3 rings (SSSR count). The van der Waals surface area contributed by atoms with E-state index in [4.69, 9.17) is 10.5 Å². The van der Waals surface area contributed by atoms with Gasteiger partial charge in [0.05, 0.1) is 13.0 Å². The summed E-state index contributed by atoms with van der Waals surface area (Å²) in [5.41, 5.74) is 8.00. The predicted molar refractivity (Wildman–Crippen MR) is 105 cm³/mol. The van der Waals surface area contributed by atoms with Gasteiger partial charge in [0.15, 0.2) is 0 Å². The summed E-state index contributed by atoms with van der Waals surface area (Å²) < 4.78 is 5.92. The van der Waals surface area contributed by atoms with E-state index in [2.05, 4.69) is 17.4 Å². The molecule has 2 unspecified atom stereocenters. The van der Waals surface area contributed by atoms with Crippen LogP contribution in [0.3, 0.4) is 0 Å². The molecule has 3 N–H and O–H groups in total. The van der Waals surface area contributed by atoms with Crippen molar-refractivity contribution in [2.24, 2.45) is 11.7 Å². The Labute approximate surface area is 155 Å². The molecule has 0 spiro atoms. The topological polar surface area (TPSA) is 64.3 Å². The van der Waals surface area contributed by atoms with E-state index in [0.29, 0.717) is 25.5 Å². The van der Waals surface area contributed by atoms with Gasteiger partial charge in [-0.25, -0.2) is 0 Å². The number of hydrogen-bond acceptors (Lipinski definition) is 3. The Kier molecular flexibility index (Phi) is 6.67. The molecule has 0 aromatic heterocycles. The number of nitrogens with one attached hydrogen (secondary N) is 1. The lowest BCUT2D eigenvalue weighted by molar-refractivity contribution is -0.122. The van der Waals surface area contributed by atoms with Crippen molar-refractivity contribution in [1.29, 1.82) is 0 Å². The summed E-state index contributed by atoms with van der Waals surface area (Å²) in [7, 11) is 0. The van der Waals surface area contributed by atoms with Crippen LogP contribution in [0.25, 0.3) is 11.1 Å². The van der Waals surface area contributed by atoms with Crippen molar-refractivity contribution in [3.05, 3.63) is 54.6 Å². The summed E-state index contributed by atoms with van der Waals surface area (Å²) in [6.45, 7) is 1.02. The second kappa shape index (κ2) is 9.39. The van der Waals surface area contributed by atoms with E-state index in [1.165, 1.54) is 12.8 Å². The maximum atomic E-state index is 12.3. The van der Waals surface area contributed by atoms with Gasteiger partial charge < -0.3 is 15.8 Å². The largest absolute Gasteiger partial charge is 0.492 e. The average Bonchev–Trinajstić information content (AvgIpc) is 2.69. The van der Waals surface area contributed by atoms with E-state index in [-0.39, 0.29) is 11.9 Å². The van der Waals surface area contributed by atoms with Crippen molar-refractivity contribution in [1.82, 2.24) is 5.32 Å². The summed E-state index contributed by atoms with van der Waals surface area (Å²) in [5.74, 6) is 1.27. The van der Waals surface area contributed by atoms with Gasteiger partial charge in [-0.3, -0.25) is 4.79 Å². The molecule has 0 saturated heterocycles. The van der Waals surface area contributed by atoms with Gasteiger partial charge in [-0.1, -0.05) is 61.4 Å². The lowest BCUT2D eigenvalue weighted by Crippen LogP contribution is -2.45. The van der Waals surface area contributed by atoms with Crippen molar-refractivity contribution in [2.45, 2.75) is 38.1 Å². The number of para-hydroxylation sites is 1. The first-order chi connectivity index (χ1) is 12.8. The van der Waals surface area contributed by atoms with E-state index in [9.17, 15) is 4.79 Å². The number of hydrogen-bond donors (Lipinski definition) is 2. The Hall–Kier alpha value is -2.33. The second-order valence-corrected chi connectivity index (χ2v) is 6.91. The fourth-order valence-corrected chi connectivity index (χ4v) is 3.66. The van der Waals surface area contributed by atoms with Crippen molar-refractivity contribution in [2.75, 3.05) is 13.2 Å². The molecular weight excluding hydrogens is 324 g/mol. The highest BCUT2D eigenvalue weighted by molar-refractivity contribution is 5.76. The number of carbonyl (C=O) groups excluding carboxylic acids is 1. The van der Waals surface area contributed by atoms with Crippen LogP contribution < -0.4 is 15.8 Å². The van der Waals surface area contributed by atoms with Crippen molar-refractivity contribution < 1.29 is 9.53 Å². The zero-order chi connectivity index (χ0) is 18.2. The van der Waals surface area contributed by atoms with Gasteiger partial charge in [-0.05, 0) is 36.9 Å². The molecule has 4 heteroatoms. The summed E-state index contributed by atoms with van der Waals surface area (Å²) in [4.78, 5) is 12.3. The van der Waals surface area contributed by atoms with Crippen LogP contribution in [-0.4, -0.2) is 25.1 Å². The first-order valence-corrected chi connectivity index (χ1v) is 9.54. The third-order valence-corrected chi connectivity index (χ3v) is 5.12. The smallest absolute Gasteiger partial charge is 0.223 e. The van der Waals surface area contributed by atoms with E-state index >= 15 is 0 Å². The third-order valence-electron chi connectivity index (χ3n) is 5.12. The van der Waals surface area contributed by atoms with Gasteiger partial charge in [0.2, 0.25) is 5.91 Å². The van der Waals surface area contributed by atoms with Gasteiger partial charge in [-0.2, -0.15) is 0 Å². The molecule has 0 radical (unpaired) electrons. The highest BCUT2D eigenvalue weighted by Gasteiger charge is 2.25. The number of benzene rings is 2. The van der Waals surface area contributed by atoms with Crippen LogP contribution in [0.15, 0.2) is 54.6 Å². The van der Waals surface area contributed by atoms with Crippen LogP contribution in [0.1, 0.15) is 32.1 Å². The highest BCUT2D eigenvalue weighted by atomic mass is 16.5. The van der Waals surface area contributed by atoms with Crippen LogP contribution in [-0.2, 0) is 4.79 Å². The predicted octanol–water partition coefficient (Wildman–Crippen LogP) is 3.76. The lowest BCUT2D eigenvalue weighted by atomic mass is 9.84. The molecule has 1 amide bonds. The molecular formula is C22H28N2O2. The molecule has 0 heterocycles. The molecule has 138 valence electrons. The molecule has 2 aromatic carbocycles. The van der Waals surface area contributed by atoms with Crippen molar-refractivity contribution >= 4 is 5.91 Å². The molecule has 1 fully saturated rings. The summed E-state index contributed by atoms with van der Waals surface area (Å²) >= 11 is 0. The number of amides is 1. The molecule has 0 bridgehead atoms. The molecule has 0 aliphatic heterocycles. The Morgan fingerprint density at radius 3 is 2.58 bits per heavy atom. The first kappa shape index (κ1) is 18.5. The zero-order valence-corrected chi connectivity index (χ0v) is 15.2. The molecule has 1 aliphatic carbocycles. The van der Waals surface area contributed by atoms with Crippen LogP contribution in [0.4, 0.5) is 0 Å². The summed E-state index contributed by atoms with van der Waals surface area (Å²) in [6, 6.07) is 18.3. The number of nitrogens with two attached hydrogens (primary N) is 1. The van der Waals surface area contributed by atoms with Gasteiger partial charge in [0.1, 0.15) is 5.75 Å². The van der Waals surface area contributed by atoms with Gasteiger partial charge >= 0.3 is 0 Å². The Morgan fingerprint density at radius 1 is 1.04 bits per heavy atom. The Balaban J connectivity index is 1.53. The van der Waals surface area contributed by atoms with E-state index in [0.717, 1.165) is 29.7 Å². The minimum Gasteiger partial charge on any atom is -0.492 e. The minimum atomic E-state index is 0.0487. The maximum Gasteiger partial charge on any atom is 0.223 e. The summed E-state index contributed by atoms with van der Waals surface area (Å²) in [5, 5.41) is 3.15. The standard InChI is InChI=1S/C22H28N2O2/c23-16-18-10-4-6-12-20(18)24-22(25)14-15-26-21-13-7-5-11-19(21)17-8-2-1-3-9-17/h1-3,5,7-9,11,13,18,20H,4,6,10,12,14-16,23H2,(H,24,25). The highest BCUT2D eigenvalue weighted by Crippen LogP contribution is 2.29. The van der Waals surface area contributed by atoms with E-state index in [1.54, 1.807) is 0 Å². The Morgan fingerprint density at radius 2 is 1.77 bits per heavy atom. The van der Waals surface area contributed by atoms with Crippen LogP contribution in [0.5, 0.6) is 5.75 Å². The van der Waals surface area contributed by atoms with Gasteiger partial charge in [0, 0.05) is 11.6 Å². The second-order valence-electron chi connectivity index (χ2n) is 6.91. The Bertz CT molecular complexity index is 702. The van der Waals surface area contributed by atoms with Crippen molar-refractivity contribution in [3.63, 3.8) is 0 Å². The zero-order valence-electron chi connectivity index (χ0n) is 15.2. The minimum absolute atomic E-state index is 0.0487. The summed E-state index contributed by atoms with van der Waals surface area (Å²) in [6.07, 6.45) is 4.89. The van der Waals surface area contributed by atoms with E-state index in [1.807, 2.05) is 42.5 Å². The molecule has 1 saturated carbocycles. The van der Waals surface area contributed by atoms with Gasteiger partial charge in [-0.15, -0.1) is 0 Å². The van der Waals surface area contributed by atoms with E-state index < -0.39 is 0 Å². The lowest BCUT2D eigenvalue weighted by Gasteiger charge is -2.31. The van der Waals surface area contributed by atoms with Crippen molar-refractivity contribution in [3.8, 4) is 16.9 Å². The van der Waals surface area contributed by atoms with Gasteiger partial charge in [0.25, 0.3) is 0 Å². The quantitative estimate of drug-likeness (QED) is 0.797. The normalized spacial score (nSPS) is 19.7. The monoisotopic (exact) mass is 352 g/mol. The maximum absolute atomic E-state index is 12.3. The van der Waals surface area contributed by atoms with Crippen LogP contribution in [0, 0.1) is 5.92 Å². The average molecular weight is 352 g/mol. The first-order valence-electron chi connectivity index (χ1n) is 9.54. The molecule has 26 heavy (non-hydrogen) atoms. The number of carbonyl (C=O) groups is 1. The molecule has 2 aromatic rings. The molecule has 4 nitrogen and oxygen atoms in total.